The van der Waals surface area contributed by atoms with Gasteiger partial charge in [-0.25, -0.2) is 10.2 Å². The molecule has 0 atom stereocenters. The number of hydrazone groups is 1. The lowest BCUT2D eigenvalue weighted by Crippen LogP contribution is -2.35. The standard InChI is InChI=1S/C24H19BrClN3O4/c1-15-6-2-3-7-18(15)24(32)33-21-11-10-17(25)12-16(21)13-28-29-22(30)14-27-23(31)19-8-4-5-9-20(19)26/h2-13H,14H2,1H3,(H,27,31)(H,29,30)/b28-13+. The molecule has 0 saturated carbocycles. The van der Waals surface area contributed by atoms with Crippen molar-refractivity contribution in [1.29, 1.82) is 0 Å². The number of amides is 2. The third-order valence-electron chi connectivity index (χ3n) is 4.46. The zero-order valence-corrected chi connectivity index (χ0v) is 19.8. The first-order chi connectivity index (χ1) is 15.8. The van der Waals surface area contributed by atoms with E-state index < -0.39 is 17.8 Å². The molecule has 0 unspecified atom stereocenters. The van der Waals surface area contributed by atoms with E-state index in [9.17, 15) is 14.4 Å². The molecule has 0 radical (unpaired) electrons. The predicted molar refractivity (Wildman–Crippen MR) is 130 cm³/mol. The smallest absolute Gasteiger partial charge is 0.343 e. The maximum absolute atomic E-state index is 12.5. The van der Waals surface area contributed by atoms with E-state index in [1.807, 2.05) is 19.1 Å². The molecular formula is C24H19BrClN3O4. The monoisotopic (exact) mass is 527 g/mol. The summed E-state index contributed by atoms with van der Waals surface area (Å²) >= 11 is 9.33. The van der Waals surface area contributed by atoms with Crippen molar-refractivity contribution in [2.24, 2.45) is 5.10 Å². The first-order valence-corrected chi connectivity index (χ1v) is 10.9. The van der Waals surface area contributed by atoms with Crippen LogP contribution in [0.5, 0.6) is 5.75 Å². The number of nitrogens with zero attached hydrogens (tertiary/aromatic N) is 1. The maximum atomic E-state index is 12.5. The third-order valence-corrected chi connectivity index (χ3v) is 5.28. The molecule has 3 aromatic rings. The van der Waals surface area contributed by atoms with Gasteiger partial charge in [0.15, 0.2) is 0 Å². The molecule has 0 spiro atoms. The lowest BCUT2D eigenvalue weighted by Gasteiger charge is -2.09. The molecule has 0 bridgehead atoms. The van der Waals surface area contributed by atoms with Gasteiger partial charge in [-0.3, -0.25) is 9.59 Å². The molecule has 168 valence electrons. The normalized spacial score (nSPS) is 10.6. The number of carbonyl (C=O) groups is 3. The molecule has 0 aliphatic heterocycles. The molecule has 3 rings (SSSR count). The van der Waals surface area contributed by atoms with Gasteiger partial charge in [-0.15, -0.1) is 0 Å². The number of hydrogen-bond acceptors (Lipinski definition) is 5. The minimum absolute atomic E-state index is 0.268. The Balaban J connectivity index is 1.61. The number of ether oxygens (including phenoxy) is 1. The van der Waals surface area contributed by atoms with Gasteiger partial charge < -0.3 is 10.1 Å². The molecular weight excluding hydrogens is 510 g/mol. The molecule has 0 heterocycles. The molecule has 33 heavy (non-hydrogen) atoms. The van der Waals surface area contributed by atoms with Crippen molar-refractivity contribution in [2.45, 2.75) is 6.92 Å². The Kier molecular flexibility index (Phi) is 8.34. The van der Waals surface area contributed by atoms with E-state index in [4.69, 9.17) is 16.3 Å². The average molecular weight is 529 g/mol. The Bertz CT molecular complexity index is 1230. The number of halogens is 2. The van der Waals surface area contributed by atoms with Gasteiger partial charge in [-0.2, -0.15) is 5.10 Å². The van der Waals surface area contributed by atoms with Gasteiger partial charge in [-0.1, -0.05) is 57.9 Å². The van der Waals surface area contributed by atoms with E-state index in [1.54, 1.807) is 54.6 Å². The molecule has 0 fully saturated rings. The molecule has 0 aromatic heterocycles. The van der Waals surface area contributed by atoms with Crippen molar-refractivity contribution in [3.63, 3.8) is 0 Å². The lowest BCUT2D eigenvalue weighted by molar-refractivity contribution is -0.120. The van der Waals surface area contributed by atoms with Gasteiger partial charge in [0.1, 0.15) is 5.75 Å². The summed E-state index contributed by atoms with van der Waals surface area (Å²) in [7, 11) is 0. The summed E-state index contributed by atoms with van der Waals surface area (Å²) in [6.45, 7) is 1.52. The SMILES string of the molecule is Cc1ccccc1C(=O)Oc1ccc(Br)cc1/C=N/NC(=O)CNC(=O)c1ccccc1Cl. The molecule has 2 amide bonds. The molecule has 0 saturated heterocycles. The first-order valence-electron chi connectivity index (χ1n) is 9.77. The predicted octanol–water partition coefficient (Wildman–Crippen LogP) is 4.51. The van der Waals surface area contributed by atoms with Crippen molar-refractivity contribution in [1.82, 2.24) is 10.7 Å². The summed E-state index contributed by atoms with van der Waals surface area (Å²) in [5.74, 6) is -1.25. The Morgan fingerprint density at radius 1 is 1.03 bits per heavy atom. The third kappa shape index (κ3) is 6.74. The molecule has 0 aliphatic carbocycles. The average Bonchev–Trinajstić information content (AvgIpc) is 2.79. The van der Waals surface area contributed by atoms with Gasteiger partial charge in [0.25, 0.3) is 11.8 Å². The zero-order chi connectivity index (χ0) is 23.8. The summed E-state index contributed by atoms with van der Waals surface area (Å²) in [5, 5.41) is 6.66. The fourth-order valence-electron chi connectivity index (χ4n) is 2.78. The number of carbonyl (C=O) groups excluding carboxylic acids is 3. The molecule has 3 aromatic carbocycles. The Morgan fingerprint density at radius 3 is 2.45 bits per heavy atom. The lowest BCUT2D eigenvalue weighted by atomic mass is 10.1. The van der Waals surface area contributed by atoms with Crippen LogP contribution >= 0.6 is 27.5 Å². The summed E-state index contributed by atoms with van der Waals surface area (Å²) in [5.41, 5.74) is 4.30. The van der Waals surface area contributed by atoms with E-state index in [0.717, 1.165) is 10.0 Å². The summed E-state index contributed by atoms with van der Waals surface area (Å²) in [6.07, 6.45) is 1.35. The highest BCUT2D eigenvalue weighted by atomic mass is 79.9. The Hall–Kier alpha value is -3.49. The second-order valence-electron chi connectivity index (χ2n) is 6.84. The van der Waals surface area contributed by atoms with E-state index in [0.29, 0.717) is 11.1 Å². The van der Waals surface area contributed by atoms with E-state index in [2.05, 4.69) is 31.8 Å². The number of benzene rings is 3. The van der Waals surface area contributed by atoms with Crippen LogP contribution in [-0.2, 0) is 4.79 Å². The molecule has 7 nitrogen and oxygen atoms in total. The largest absolute Gasteiger partial charge is 0.422 e. The minimum Gasteiger partial charge on any atom is -0.422 e. The van der Waals surface area contributed by atoms with Gasteiger partial charge >= 0.3 is 5.97 Å². The van der Waals surface area contributed by atoms with Crippen molar-refractivity contribution in [3.05, 3.63) is 98.5 Å². The van der Waals surface area contributed by atoms with Crippen LogP contribution in [0.1, 0.15) is 31.8 Å². The minimum atomic E-state index is -0.542. The fourth-order valence-corrected chi connectivity index (χ4v) is 3.38. The molecule has 9 heteroatoms. The van der Waals surface area contributed by atoms with Crippen molar-refractivity contribution in [3.8, 4) is 5.75 Å². The number of esters is 1. The highest BCUT2D eigenvalue weighted by Crippen LogP contribution is 2.23. The van der Waals surface area contributed by atoms with Crippen LogP contribution in [0.4, 0.5) is 0 Å². The molecule has 0 aliphatic rings. The van der Waals surface area contributed by atoms with Gasteiger partial charge in [-0.05, 0) is 48.9 Å². The topological polar surface area (TPSA) is 96.9 Å². The van der Waals surface area contributed by atoms with Crippen LogP contribution in [0.25, 0.3) is 0 Å². The van der Waals surface area contributed by atoms with Gasteiger partial charge in [0.2, 0.25) is 0 Å². The maximum Gasteiger partial charge on any atom is 0.343 e. The number of aryl methyl sites for hydroxylation is 1. The van der Waals surface area contributed by atoms with E-state index >= 15 is 0 Å². The van der Waals surface area contributed by atoms with Crippen LogP contribution in [0, 0.1) is 6.92 Å². The second kappa shape index (κ2) is 11.4. The van der Waals surface area contributed by atoms with Crippen LogP contribution in [-0.4, -0.2) is 30.5 Å². The van der Waals surface area contributed by atoms with Gasteiger partial charge in [0.05, 0.1) is 28.9 Å². The van der Waals surface area contributed by atoms with Crippen LogP contribution in [0.2, 0.25) is 5.02 Å². The van der Waals surface area contributed by atoms with Crippen LogP contribution < -0.4 is 15.5 Å². The number of rotatable bonds is 7. The number of hydrogen-bond donors (Lipinski definition) is 2. The van der Waals surface area contributed by atoms with Crippen molar-refractivity contribution >= 4 is 51.5 Å². The van der Waals surface area contributed by atoms with Crippen LogP contribution in [0.15, 0.2) is 76.3 Å². The Morgan fingerprint density at radius 2 is 1.73 bits per heavy atom. The van der Waals surface area contributed by atoms with E-state index in [1.165, 1.54) is 6.21 Å². The van der Waals surface area contributed by atoms with Crippen LogP contribution in [0.3, 0.4) is 0 Å². The summed E-state index contributed by atoms with van der Waals surface area (Å²) < 4.78 is 6.27. The van der Waals surface area contributed by atoms with Crippen molar-refractivity contribution < 1.29 is 19.1 Å². The fraction of sp³-hybridized carbons (Fsp3) is 0.0833. The highest BCUT2D eigenvalue weighted by molar-refractivity contribution is 9.10. The first kappa shape index (κ1) is 24.2. The Labute approximate surface area is 203 Å². The number of nitrogens with one attached hydrogen (secondary N) is 2. The van der Waals surface area contributed by atoms with E-state index in [-0.39, 0.29) is 22.9 Å². The molecule has 2 N–H and O–H groups in total. The zero-order valence-electron chi connectivity index (χ0n) is 17.5. The summed E-state index contributed by atoms with van der Waals surface area (Å²) in [6, 6.07) is 18.6. The van der Waals surface area contributed by atoms with Crippen molar-refractivity contribution in [2.75, 3.05) is 6.54 Å². The van der Waals surface area contributed by atoms with Gasteiger partial charge in [0, 0.05) is 10.0 Å². The highest BCUT2D eigenvalue weighted by Gasteiger charge is 2.14. The quantitative estimate of drug-likeness (QED) is 0.204. The second-order valence-corrected chi connectivity index (χ2v) is 8.17. The summed E-state index contributed by atoms with van der Waals surface area (Å²) in [4.78, 5) is 36.7.